The van der Waals surface area contributed by atoms with Gasteiger partial charge in [0.2, 0.25) is 0 Å². The van der Waals surface area contributed by atoms with E-state index in [0.29, 0.717) is 0 Å². The Kier molecular flexibility index (Phi) is 4.44. The maximum atomic E-state index is 12.1. The van der Waals surface area contributed by atoms with Gasteiger partial charge in [0.05, 0.1) is 19.8 Å². The van der Waals surface area contributed by atoms with Crippen molar-refractivity contribution in [2.24, 2.45) is 0 Å². The van der Waals surface area contributed by atoms with Gasteiger partial charge in [-0.1, -0.05) is 0 Å². The van der Waals surface area contributed by atoms with Crippen molar-refractivity contribution in [1.82, 2.24) is 4.98 Å². The highest BCUT2D eigenvalue weighted by molar-refractivity contribution is 5.26. The van der Waals surface area contributed by atoms with Crippen LogP contribution < -0.4 is 4.90 Å². The molecular weight excluding hydrogens is 210 g/mol. The summed E-state index contributed by atoms with van der Waals surface area (Å²) in [5.74, 6) is 0. The van der Waals surface area contributed by atoms with Crippen molar-refractivity contribution in [2.45, 2.75) is 13.0 Å². The molecule has 0 aliphatic heterocycles. The fraction of sp³-hybridized carbons (Fsp3) is 0.625. The molecule has 0 bridgehead atoms. The normalized spacial score (nSPS) is 11.0. The Morgan fingerprint density at radius 3 is 2.67 bits per heavy atom. The first-order valence-corrected chi connectivity index (χ1v) is 4.36. The molecule has 0 spiro atoms. The minimum absolute atomic E-state index is 0.00964. The van der Waals surface area contributed by atoms with Crippen LogP contribution in [0, 0.1) is 0 Å². The minimum atomic E-state index is -2.54. The van der Waals surface area contributed by atoms with Crippen LogP contribution in [0.2, 0.25) is 0 Å². The molecule has 86 valence electrons. The summed E-state index contributed by atoms with van der Waals surface area (Å²) in [4.78, 5) is 4.88. The molecule has 2 N–H and O–H groups in total. The van der Waals surface area contributed by atoms with Crippen molar-refractivity contribution in [2.75, 3.05) is 24.6 Å². The van der Waals surface area contributed by atoms with E-state index in [1.54, 1.807) is 0 Å². The van der Waals surface area contributed by atoms with E-state index in [1.807, 2.05) is 0 Å². The number of hydrogen-bond acceptors (Lipinski definition) is 5. The molecule has 0 unspecified atom stereocenters. The van der Waals surface area contributed by atoms with Crippen LogP contribution in [0.3, 0.4) is 0 Å². The van der Waals surface area contributed by atoms with E-state index in [1.165, 1.54) is 6.26 Å². The number of hydrogen-bond donors (Lipinski definition) is 2. The molecule has 0 aliphatic rings. The molecule has 7 heteroatoms. The Morgan fingerprint density at radius 1 is 1.47 bits per heavy atom. The summed E-state index contributed by atoms with van der Waals surface area (Å²) in [6.07, 6.45) is -1.36. The molecule has 0 aromatic carbocycles. The molecule has 1 rings (SSSR count). The second-order valence-corrected chi connectivity index (χ2v) is 2.84. The number of alkyl halides is 2. The van der Waals surface area contributed by atoms with Gasteiger partial charge in [-0.25, -0.2) is 8.78 Å². The number of aromatic nitrogens is 1. The van der Waals surface area contributed by atoms with Crippen molar-refractivity contribution in [3.8, 4) is 0 Å². The molecule has 1 aromatic heterocycles. The van der Waals surface area contributed by atoms with Crippen LogP contribution in [0.5, 0.6) is 0 Å². The van der Waals surface area contributed by atoms with Gasteiger partial charge < -0.3 is 19.5 Å². The van der Waals surface area contributed by atoms with Crippen molar-refractivity contribution < 1.29 is 23.4 Å². The van der Waals surface area contributed by atoms with Crippen LogP contribution in [0.25, 0.3) is 0 Å². The predicted octanol–water partition coefficient (Wildman–Crippen LogP) is 0.231. The maximum Gasteiger partial charge on any atom is 0.297 e. The summed E-state index contributed by atoms with van der Waals surface area (Å²) in [6, 6.07) is -0.0200. The smallest absolute Gasteiger partial charge is 0.297 e. The standard InChI is InChI=1S/C8H12F2N2O3/c9-7(10)3-12(1-2-13)8-11-6(4-14)5-15-8/h5,7,13-14H,1-4H2. The van der Waals surface area contributed by atoms with E-state index in [9.17, 15) is 8.78 Å². The number of nitrogens with zero attached hydrogens (tertiary/aromatic N) is 2. The number of aliphatic hydroxyl groups is 2. The molecule has 15 heavy (non-hydrogen) atoms. The Labute approximate surface area is 84.9 Å². The largest absolute Gasteiger partial charge is 0.432 e. The first-order valence-electron chi connectivity index (χ1n) is 4.36. The number of anilines is 1. The summed E-state index contributed by atoms with van der Waals surface area (Å²) >= 11 is 0. The number of halogens is 2. The zero-order valence-corrected chi connectivity index (χ0v) is 7.94. The van der Waals surface area contributed by atoms with Crippen molar-refractivity contribution in [1.29, 1.82) is 0 Å². The molecule has 0 fully saturated rings. The molecule has 0 amide bonds. The third kappa shape index (κ3) is 3.45. The SMILES string of the molecule is OCCN(CC(F)F)c1nc(CO)co1. The highest BCUT2D eigenvalue weighted by atomic mass is 19.3. The number of rotatable bonds is 6. The fourth-order valence-corrected chi connectivity index (χ4v) is 1.07. The van der Waals surface area contributed by atoms with E-state index in [0.717, 1.165) is 4.90 Å². The molecule has 1 aromatic rings. The van der Waals surface area contributed by atoms with Gasteiger partial charge in [-0.3, -0.25) is 0 Å². The summed E-state index contributed by atoms with van der Waals surface area (Å²) < 4.78 is 29.2. The summed E-state index contributed by atoms with van der Waals surface area (Å²) in [7, 11) is 0. The Hall–Kier alpha value is -1.21. The molecule has 0 radical (unpaired) electrons. The lowest BCUT2D eigenvalue weighted by molar-refractivity contribution is 0.151. The van der Waals surface area contributed by atoms with Crippen LogP contribution in [-0.2, 0) is 6.61 Å². The van der Waals surface area contributed by atoms with Gasteiger partial charge in [-0.2, -0.15) is 4.98 Å². The lowest BCUT2D eigenvalue weighted by Crippen LogP contribution is -2.31. The second kappa shape index (κ2) is 5.62. The van der Waals surface area contributed by atoms with Gasteiger partial charge in [0.25, 0.3) is 12.4 Å². The van der Waals surface area contributed by atoms with Gasteiger partial charge in [0, 0.05) is 6.54 Å². The third-order valence-corrected chi connectivity index (χ3v) is 1.70. The molecular formula is C8H12F2N2O3. The first kappa shape index (κ1) is 11.9. The molecule has 0 saturated carbocycles. The topological polar surface area (TPSA) is 69.7 Å². The van der Waals surface area contributed by atoms with Crippen molar-refractivity contribution in [3.63, 3.8) is 0 Å². The molecule has 1 heterocycles. The third-order valence-electron chi connectivity index (χ3n) is 1.70. The lowest BCUT2D eigenvalue weighted by Gasteiger charge is -2.18. The highest BCUT2D eigenvalue weighted by Crippen LogP contribution is 2.14. The Morgan fingerprint density at radius 2 is 2.20 bits per heavy atom. The zero-order chi connectivity index (χ0) is 11.3. The van der Waals surface area contributed by atoms with E-state index in [2.05, 4.69) is 4.98 Å². The number of aliphatic hydroxyl groups excluding tert-OH is 2. The van der Waals surface area contributed by atoms with Gasteiger partial charge in [0.15, 0.2) is 0 Å². The molecule has 0 atom stereocenters. The summed E-state index contributed by atoms with van der Waals surface area (Å²) in [6.45, 7) is -1.14. The lowest BCUT2D eigenvalue weighted by atomic mass is 10.5. The van der Waals surface area contributed by atoms with Gasteiger partial charge in [-0.05, 0) is 0 Å². The predicted molar refractivity (Wildman–Crippen MR) is 47.7 cm³/mol. The average Bonchev–Trinajstić information content (AvgIpc) is 2.64. The quantitative estimate of drug-likeness (QED) is 0.721. The van der Waals surface area contributed by atoms with Crippen LogP contribution >= 0.6 is 0 Å². The van der Waals surface area contributed by atoms with E-state index < -0.39 is 13.0 Å². The number of oxazole rings is 1. The van der Waals surface area contributed by atoms with Crippen LogP contribution in [0.15, 0.2) is 10.7 Å². The Balaban J connectivity index is 2.69. The second-order valence-electron chi connectivity index (χ2n) is 2.84. The molecule has 0 aliphatic carbocycles. The van der Waals surface area contributed by atoms with E-state index in [4.69, 9.17) is 14.6 Å². The first-order chi connectivity index (χ1) is 7.17. The molecule has 0 saturated heterocycles. The highest BCUT2D eigenvalue weighted by Gasteiger charge is 2.16. The molecule has 5 nitrogen and oxygen atoms in total. The average molecular weight is 222 g/mol. The van der Waals surface area contributed by atoms with E-state index >= 15 is 0 Å². The van der Waals surface area contributed by atoms with E-state index in [-0.39, 0.29) is 31.5 Å². The monoisotopic (exact) mass is 222 g/mol. The van der Waals surface area contributed by atoms with Gasteiger partial charge in [-0.15, -0.1) is 0 Å². The van der Waals surface area contributed by atoms with Crippen molar-refractivity contribution >= 4 is 6.01 Å². The summed E-state index contributed by atoms with van der Waals surface area (Å²) in [5.41, 5.74) is 0.266. The minimum Gasteiger partial charge on any atom is -0.432 e. The fourth-order valence-electron chi connectivity index (χ4n) is 1.07. The van der Waals surface area contributed by atoms with Crippen LogP contribution in [-0.4, -0.2) is 41.3 Å². The Bertz CT molecular complexity index is 293. The maximum absolute atomic E-state index is 12.1. The van der Waals surface area contributed by atoms with Crippen LogP contribution in [0.1, 0.15) is 5.69 Å². The van der Waals surface area contributed by atoms with Crippen LogP contribution in [0.4, 0.5) is 14.8 Å². The van der Waals surface area contributed by atoms with Gasteiger partial charge >= 0.3 is 0 Å². The zero-order valence-electron chi connectivity index (χ0n) is 7.94. The summed E-state index contributed by atoms with van der Waals surface area (Å²) in [5, 5.41) is 17.4. The van der Waals surface area contributed by atoms with Crippen molar-refractivity contribution in [3.05, 3.63) is 12.0 Å². The van der Waals surface area contributed by atoms with Gasteiger partial charge in [0.1, 0.15) is 12.0 Å².